The summed E-state index contributed by atoms with van der Waals surface area (Å²) in [4.78, 5) is 28.7. The van der Waals surface area contributed by atoms with E-state index in [0.717, 1.165) is 6.20 Å². The molecule has 1 aromatic heterocycles. The molecule has 0 atom stereocenters. The van der Waals surface area contributed by atoms with Crippen LogP contribution >= 0.6 is 0 Å². The minimum absolute atomic E-state index is 0.194. The smallest absolute Gasteiger partial charge is 0.341 e. The third-order valence-corrected chi connectivity index (χ3v) is 4.89. The topological polar surface area (TPSA) is 157 Å². The molecule has 0 aliphatic heterocycles. The maximum absolute atomic E-state index is 15.5. The first-order chi connectivity index (χ1) is 14.2. The molecule has 2 aromatic rings. The molecule has 9 nitrogen and oxygen atoms in total. The number of aromatic carboxylic acids is 1. The van der Waals surface area contributed by atoms with E-state index in [-0.39, 0.29) is 30.9 Å². The van der Waals surface area contributed by atoms with Crippen LogP contribution in [-0.4, -0.2) is 40.7 Å². The van der Waals surface area contributed by atoms with E-state index in [1.54, 1.807) is 0 Å². The maximum Gasteiger partial charge on any atom is 0.341 e. The van der Waals surface area contributed by atoms with Gasteiger partial charge in [0.25, 0.3) is 0 Å². The summed E-state index contributed by atoms with van der Waals surface area (Å²) in [6.07, 6.45) is 2.33. The normalized spacial score (nSPS) is 14.2. The lowest BCUT2D eigenvalue weighted by molar-refractivity contribution is 0.0695. The first-order valence-corrected chi connectivity index (χ1v) is 9.18. The second-order valence-corrected chi connectivity index (χ2v) is 6.99. The molecule has 0 bridgehead atoms. The number of rotatable bonds is 8. The van der Waals surface area contributed by atoms with Crippen LogP contribution in [0.2, 0.25) is 0 Å². The van der Waals surface area contributed by atoms with E-state index >= 15 is 8.78 Å². The molecule has 1 fully saturated rings. The van der Waals surface area contributed by atoms with Crippen LogP contribution in [0.4, 0.5) is 14.5 Å². The number of nitrogens with two attached hydrogens (primary N) is 2. The number of nitrogen functional groups attached to an aromatic ring is 1. The number of fused-ring (bicyclic) bond motifs is 1. The first kappa shape index (κ1) is 21.4. The highest BCUT2D eigenvalue weighted by atomic mass is 19.1. The zero-order valence-electron chi connectivity index (χ0n) is 16.2. The number of aromatic nitrogens is 1. The second-order valence-electron chi connectivity index (χ2n) is 6.99. The molecule has 0 amide bonds. The van der Waals surface area contributed by atoms with E-state index in [9.17, 15) is 14.7 Å². The summed E-state index contributed by atoms with van der Waals surface area (Å²) in [5.74, 6) is -3.96. The van der Waals surface area contributed by atoms with Crippen LogP contribution in [0.1, 0.15) is 47.6 Å². The van der Waals surface area contributed by atoms with Crippen molar-refractivity contribution in [2.45, 2.75) is 31.7 Å². The third kappa shape index (κ3) is 3.63. The number of oxime groups is 1. The molecule has 3 rings (SSSR count). The van der Waals surface area contributed by atoms with Gasteiger partial charge in [-0.25, -0.2) is 13.6 Å². The molecule has 1 heterocycles. The average Bonchev–Trinajstić information content (AvgIpc) is 3.51. The van der Waals surface area contributed by atoms with Crippen molar-refractivity contribution in [3.8, 4) is 0 Å². The Balaban J connectivity index is 2.28. The Labute approximate surface area is 169 Å². The Morgan fingerprint density at radius 1 is 1.40 bits per heavy atom. The van der Waals surface area contributed by atoms with Crippen molar-refractivity contribution in [1.29, 1.82) is 5.41 Å². The Kier molecular flexibility index (Phi) is 5.83. The van der Waals surface area contributed by atoms with E-state index in [2.05, 4.69) is 9.99 Å². The number of hydrogen-bond acceptors (Lipinski definition) is 7. The van der Waals surface area contributed by atoms with E-state index in [4.69, 9.17) is 16.9 Å². The molecule has 0 unspecified atom stereocenters. The van der Waals surface area contributed by atoms with Gasteiger partial charge in [0, 0.05) is 25.1 Å². The highest BCUT2D eigenvalue weighted by Crippen LogP contribution is 2.39. The molecule has 0 saturated heterocycles. The average molecular weight is 421 g/mol. The number of carboxylic acids is 1. The zero-order chi connectivity index (χ0) is 22.2. The summed E-state index contributed by atoms with van der Waals surface area (Å²) >= 11 is 0. The lowest BCUT2D eigenvalue weighted by atomic mass is 9.97. The predicted molar refractivity (Wildman–Crippen MR) is 107 cm³/mol. The molecular formula is C19H21F2N5O4. The predicted octanol–water partition coefficient (Wildman–Crippen LogP) is 2.00. The van der Waals surface area contributed by atoms with Crippen LogP contribution in [0, 0.1) is 17.0 Å². The molecular weight excluding hydrogens is 400 g/mol. The molecule has 1 aliphatic carbocycles. The van der Waals surface area contributed by atoms with Crippen LogP contribution < -0.4 is 16.9 Å². The lowest BCUT2D eigenvalue weighted by Gasteiger charge is -2.17. The number of nitrogens with zero attached hydrogens (tertiary/aromatic N) is 2. The fourth-order valence-electron chi connectivity index (χ4n) is 3.38. The quantitative estimate of drug-likeness (QED) is 0.290. The number of halogens is 2. The van der Waals surface area contributed by atoms with Crippen molar-refractivity contribution in [3.63, 3.8) is 0 Å². The van der Waals surface area contributed by atoms with Gasteiger partial charge in [-0.05, 0) is 19.4 Å². The van der Waals surface area contributed by atoms with Gasteiger partial charge >= 0.3 is 5.97 Å². The summed E-state index contributed by atoms with van der Waals surface area (Å²) in [5, 5.41) is 20.7. The van der Waals surface area contributed by atoms with E-state index in [0.29, 0.717) is 18.6 Å². The van der Waals surface area contributed by atoms with E-state index < -0.39 is 50.9 Å². The third-order valence-electron chi connectivity index (χ3n) is 4.89. The van der Waals surface area contributed by atoms with Crippen molar-refractivity contribution in [3.05, 3.63) is 39.2 Å². The minimum Gasteiger partial charge on any atom is -0.477 e. The number of carbonyl (C=O) groups is 1. The van der Waals surface area contributed by atoms with Crippen molar-refractivity contribution in [2.24, 2.45) is 10.9 Å². The molecule has 11 heteroatoms. The molecule has 0 radical (unpaired) electrons. The molecule has 160 valence electrons. The molecule has 1 aromatic carbocycles. The summed E-state index contributed by atoms with van der Waals surface area (Å²) < 4.78 is 31.8. The number of hydrogen-bond donors (Lipinski definition) is 4. The first-order valence-electron chi connectivity index (χ1n) is 9.18. The monoisotopic (exact) mass is 421 g/mol. The molecule has 0 spiro atoms. The van der Waals surface area contributed by atoms with Crippen LogP contribution in [0.5, 0.6) is 0 Å². The van der Waals surface area contributed by atoms with Crippen molar-refractivity contribution >= 4 is 34.0 Å². The van der Waals surface area contributed by atoms with Crippen molar-refractivity contribution in [2.75, 3.05) is 19.4 Å². The fourth-order valence-corrected chi connectivity index (χ4v) is 3.38. The zero-order valence-corrected chi connectivity index (χ0v) is 16.2. The van der Waals surface area contributed by atoms with Gasteiger partial charge in [-0.3, -0.25) is 4.79 Å². The van der Waals surface area contributed by atoms with Gasteiger partial charge < -0.3 is 31.4 Å². The van der Waals surface area contributed by atoms with Gasteiger partial charge in [0.15, 0.2) is 11.6 Å². The summed E-state index contributed by atoms with van der Waals surface area (Å²) in [5.41, 5.74) is 7.75. The Morgan fingerprint density at radius 2 is 2.07 bits per heavy atom. The molecule has 30 heavy (non-hydrogen) atoms. The fraction of sp³-hybridized carbons (Fsp3) is 0.368. The highest BCUT2D eigenvalue weighted by Gasteiger charge is 2.32. The minimum atomic E-state index is -1.52. The molecule has 6 N–H and O–H groups in total. The van der Waals surface area contributed by atoms with E-state index in [1.807, 2.05) is 0 Å². The highest BCUT2D eigenvalue weighted by molar-refractivity contribution is 6.13. The molecule has 1 aliphatic rings. The number of carboxylic acid groups (broad SMARTS) is 1. The number of anilines is 1. The largest absolute Gasteiger partial charge is 0.477 e. The summed E-state index contributed by atoms with van der Waals surface area (Å²) in [6, 6.07) is -0.240. The number of nitrogens with one attached hydrogen (secondary N) is 1. The summed E-state index contributed by atoms with van der Waals surface area (Å²) in [6.45, 7) is 0.194. The second kappa shape index (κ2) is 8.19. The number of pyridine rings is 1. The summed E-state index contributed by atoms with van der Waals surface area (Å²) in [7, 11) is 1.30. The number of benzene rings is 1. The van der Waals surface area contributed by atoms with Gasteiger partial charge in [0.05, 0.1) is 33.6 Å². The van der Waals surface area contributed by atoms with Gasteiger partial charge in [0.1, 0.15) is 12.7 Å². The van der Waals surface area contributed by atoms with Crippen LogP contribution in [0.15, 0.2) is 16.1 Å². The van der Waals surface area contributed by atoms with Crippen molar-refractivity contribution in [1.82, 2.24) is 4.57 Å². The van der Waals surface area contributed by atoms with Crippen molar-refractivity contribution < 1.29 is 23.5 Å². The Hall–Kier alpha value is -3.34. The Morgan fingerprint density at radius 3 is 2.60 bits per heavy atom. The van der Waals surface area contributed by atoms with Gasteiger partial charge in [0.2, 0.25) is 5.43 Å². The van der Waals surface area contributed by atoms with Crippen LogP contribution in [-0.2, 0) is 4.84 Å². The standard InChI is InChI=1S/C19H21F2N5O4/c1-30-25-8(4-5-22)6-11(23)12-14(20)16(24)13-17(15(12)21)26(9-2-3-9)7-10(18(13)27)19(28)29/h7,9,23H,2-6,22,24H2,1H3,(H,28,29). The SMILES string of the molecule is CON=C(CCN)CC(=N)c1c(F)c(N)c2c(=O)c(C(=O)O)cn(C3CC3)c2c1F. The lowest BCUT2D eigenvalue weighted by Crippen LogP contribution is -2.23. The van der Waals surface area contributed by atoms with Crippen LogP contribution in [0.3, 0.4) is 0 Å². The van der Waals surface area contributed by atoms with Gasteiger partial charge in [-0.2, -0.15) is 0 Å². The molecule has 1 saturated carbocycles. The van der Waals surface area contributed by atoms with Crippen LogP contribution in [0.25, 0.3) is 10.9 Å². The van der Waals surface area contributed by atoms with Gasteiger partial charge in [-0.15, -0.1) is 0 Å². The van der Waals surface area contributed by atoms with Gasteiger partial charge in [-0.1, -0.05) is 5.16 Å². The maximum atomic E-state index is 15.5. The van der Waals surface area contributed by atoms with E-state index in [1.165, 1.54) is 11.7 Å². The Bertz CT molecular complexity index is 1140.